The van der Waals surface area contributed by atoms with Crippen LogP contribution >= 0.6 is 0 Å². The molecule has 0 amide bonds. The van der Waals surface area contributed by atoms with Crippen molar-refractivity contribution in [3.63, 3.8) is 0 Å². The predicted molar refractivity (Wildman–Crippen MR) is 37.8 cm³/mol. The quantitative estimate of drug-likeness (QED) is 0.367. The minimum atomic E-state index is -0.150. The van der Waals surface area contributed by atoms with E-state index in [2.05, 4.69) is 10.6 Å². The Balaban J connectivity index is 2.20. The van der Waals surface area contributed by atoms with Crippen LogP contribution in [-0.4, -0.2) is 48.6 Å². The van der Waals surface area contributed by atoms with E-state index >= 15 is 0 Å². The topological polar surface area (TPSA) is 64.5 Å². The first-order valence-electron chi connectivity index (χ1n) is 3.50. The normalized spacial score (nSPS) is 22.2. The molecule has 0 spiro atoms. The Kier molecular flexibility index (Phi) is 2.62. The summed E-state index contributed by atoms with van der Waals surface area (Å²) in [4.78, 5) is 0. The molecule has 1 heterocycles. The van der Waals surface area contributed by atoms with Crippen molar-refractivity contribution < 1.29 is 10.2 Å². The number of hydrogen-bond acceptors (Lipinski definition) is 4. The van der Waals surface area contributed by atoms with Crippen LogP contribution in [0.15, 0.2) is 0 Å². The Bertz CT molecular complexity index is 98.4. The average Bonchev–Trinajstić information content (AvgIpc) is 1.87. The molecule has 1 fully saturated rings. The Morgan fingerprint density at radius 1 is 1.40 bits per heavy atom. The first-order chi connectivity index (χ1) is 4.83. The van der Waals surface area contributed by atoms with Crippen molar-refractivity contribution in [3.8, 4) is 0 Å². The van der Waals surface area contributed by atoms with Gasteiger partial charge in [-0.05, 0) is 0 Å². The van der Waals surface area contributed by atoms with Crippen LogP contribution in [-0.2, 0) is 0 Å². The average molecular weight is 146 g/mol. The van der Waals surface area contributed by atoms with Gasteiger partial charge in [0, 0.05) is 19.6 Å². The first-order valence-corrected chi connectivity index (χ1v) is 3.50. The van der Waals surface area contributed by atoms with Gasteiger partial charge in [-0.3, -0.25) is 0 Å². The van der Waals surface area contributed by atoms with Gasteiger partial charge < -0.3 is 20.8 Å². The van der Waals surface area contributed by atoms with Crippen LogP contribution in [0, 0.1) is 0 Å². The van der Waals surface area contributed by atoms with Crippen LogP contribution in [0.25, 0.3) is 0 Å². The highest BCUT2D eigenvalue weighted by Crippen LogP contribution is 2.08. The molecule has 60 valence electrons. The third kappa shape index (κ3) is 1.46. The summed E-state index contributed by atoms with van der Waals surface area (Å²) in [5, 5.41) is 23.5. The molecule has 4 N–H and O–H groups in total. The van der Waals surface area contributed by atoms with E-state index in [0.717, 1.165) is 13.1 Å². The summed E-state index contributed by atoms with van der Waals surface area (Å²) in [7, 11) is 0. The zero-order valence-electron chi connectivity index (χ0n) is 5.93. The summed E-state index contributed by atoms with van der Waals surface area (Å²) in [5.41, 5.74) is -0.150. The molecule has 0 aliphatic carbocycles. The number of aliphatic hydroxyl groups is 2. The van der Waals surface area contributed by atoms with Crippen molar-refractivity contribution in [2.24, 2.45) is 0 Å². The number of aliphatic hydroxyl groups excluding tert-OH is 2. The lowest BCUT2D eigenvalue weighted by molar-refractivity contribution is 0.103. The lowest BCUT2D eigenvalue weighted by Crippen LogP contribution is -2.70. The van der Waals surface area contributed by atoms with Crippen LogP contribution in [0.5, 0.6) is 0 Å². The van der Waals surface area contributed by atoms with Gasteiger partial charge in [0.25, 0.3) is 0 Å². The second kappa shape index (κ2) is 3.30. The molecule has 0 bridgehead atoms. The lowest BCUT2D eigenvalue weighted by atomic mass is 9.94. The molecule has 1 rings (SSSR count). The Hall–Kier alpha value is -0.160. The van der Waals surface area contributed by atoms with Gasteiger partial charge in [0.05, 0.1) is 18.8 Å². The summed E-state index contributed by atoms with van der Waals surface area (Å²) < 4.78 is 0. The molecule has 1 saturated heterocycles. The van der Waals surface area contributed by atoms with Gasteiger partial charge in [0.1, 0.15) is 0 Å². The van der Waals surface area contributed by atoms with E-state index in [1.54, 1.807) is 0 Å². The highest BCUT2D eigenvalue weighted by atomic mass is 16.3. The third-order valence-electron chi connectivity index (χ3n) is 1.84. The first kappa shape index (κ1) is 7.94. The molecular weight excluding hydrogens is 132 g/mol. The SMILES string of the molecule is OCCNC1(CO)CNC1. The maximum atomic E-state index is 8.88. The minimum absolute atomic E-state index is 0.127. The summed E-state index contributed by atoms with van der Waals surface area (Å²) in [6.07, 6.45) is 0. The molecule has 0 aromatic heterocycles. The van der Waals surface area contributed by atoms with Gasteiger partial charge in [0.15, 0.2) is 0 Å². The second-order valence-corrected chi connectivity index (χ2v) is 2.69. The van der Waals surface area contributed by atoms with E-state index < -0.39 is 0 Å². The molecule has 0 aromatic rings. The second-order valence-electron chi connectivity index (χ2n) is 2.69. The van der Waals surface area contributed by atoms with E-state index in [9.17, 15) is 0 Å². The lowest BCUT2D eigenvalue weighted by Gasteiger charge is -2.41. The number of hydrogen-bond donors (Lipinski definition) is 4. The monoisotopic (exact) mass is 146 g/mol. The zero-order chi connectivity index (χ0) is 7.45. The third-order valence-corrected chi connectivity index (χ3v) is 1.84. The largest absolute Gasteiger partial charge is 0.395 e. The smallest absolute Gasteiger partial charge is 0.0667 e. The van der Waals surface area contributed by atoms with Crippen molar-refractivity contribution in [3.05, 3.63) is 0 Å². The van der Waals surface area contributed by atoms with Crippen LogP contribution in [0.4, 0.5) is 0 Å². The van der Waals surface area contributed by atoms with Gasteiger partial charge in [-0.15, -0.1) is 0 Å². The van der Waals surface area contributed by atoms with E-state index in [0.29, 0.717) is 6.54 Å². The fourth-order valence-corrected chi connectivity index (χ4v) is 1.04. The molecule has 1 aliphatic rings. The number of nitrogens with one attached hydrogen (secondary N) is 2. The van der Waals surface area contributed by atoms with Crippen LogP contribution < -0.4 is 10.6 Å². The van der Waals surface area contributed by atoms with E-state index in [4.69, 9.17) is 10.2 Å². The highest BCUT2D eigenvalue weighted by Gasteiger charge is 2.35. The van der Waals surface area contributed by atoms with Gasteiger partial charge in [0.2, 0.25) is 0 Å². The summed E-state index contributed by atoms with van der Waals surface area (Å²) >= 11 is 0. The minimum Gasteiger partial charge on any atom is -0.395 e. The molecule has 10 heavy (non-hydrogen) atoms. The maximum Gasteiger partial charge on any atom is 0.0667 e. The highest BCUT2D eigenvalue weighted by molar-refractivity contribution is 4.99. The van der Waals surface area contributed by atoms with Crippen LogP contribution in [0.1, 0.15) is 0 Å². The van der Waals surface area contributed by atoms with Crippen LogP contribution in [0.2, 0.25) is 0 Å². The standard InChI is InChI=1S/C6H14N2O2/c9-2-1-8-6(5-10)3-7-4-6/h7-10H,1-5H2. The van der Waals surface area contributed by atoms with Crippen molar-refractivity contribution in [1.29, 1.82) is 0 Å². The molecule has 0 atom stereocenters. The zero-order valence-corrected chi connectivity index (χ0v) is 5.93. The fourth-order valence-electron chi connectivity index (χ4n) is 1.04. The molecule has 1 aliphatic heterocycles. The van der Waals surface area contributed by atoms with Crippen molar-refractivity contribution in [1.82, 2.24) is 10.6 Å². The summed E-state index contributed by atoms with van der Waals surface area (Å²) in [5.74, 6) is 0. The van der Waals surface area contributed by atoms with Crippen LogP contribution in [0.3, 0.4) is 0 Å². The van der Waals surface area contributed by atoms with E-state index in [-0.39, 0.29) is 18.8 Å². The molecule has 0 unspecified atom stereocenters. The Morgan fingerprint density at radius 2 is 2.10 bits per heavy atom. The molecule has 0 saturated carbocycles. The predicted octanol–water partition coefficient (Wildman–Crippen LogP) is -2.10. The number of β-amino-alcohol motifs (C(OH)–C–C–N with tert-alkyl or cyclic N) is 1. The molecule has 4 nitrogen and oxygen atoms in total. The van der Waals surface area contributed by atoms with Gasteiger partial charge in [-0.2, -0.15) is 0 Å². The van der Waals surface area contributed by atoms with Gasteiger partial charge in [-0.1, -0.05) is 0 Å². The van der Waals surface area contributed by atoms with E-state index in [1.807, 2.05) is 0 Å². The maximum absolute atomic E-state index is 8.88. The molecule has 0 aromatic carbocycles. The fraction of sp³-hybridized carbons (Fsp3) is 1.00. The van der Waals surface area contributed by atoms with Crippen molar-refractivity contribution >= 4 is 0 Å². The van der Waals surface area contributed by atoms with E-state index in [1.165, 1.54) is 0 Å². The summed E-state index contributed by atoms with van der Waals surface area (Å²) in [6, 6.07) is 0. The van der Waals surface area contributed by atoms with Crippen molar-refractivity contribution in [2.75, 3.05) is 32.8 Å². The summed E-state index contributed by atoms with van der Waals surface area (Å²) in [6.45, 7) is 2.41. The van der Waals surface area contributed by atoms with Gasteiger partial charge in [-0.25, -0.2) is 0 Å². The Morgan fingerprint density at radius 3 is 2.40 bits per heavy atom. The molecular formula is C6H14N2O2. The van der Waals surface area contributed by atoms with Crippen molar-refractivity contribution in [2.45, 2.75) is 5.54 Å². The van der Waals surface area contributed by atoms with Gasteiger partial charge >= 0.3 is 0 Å². The molecule has 4 heteroatoms. The number of rotatable bonds is 4. The Labute approximate surface area is 60.2 Å². The molecule has 0 radical (unpaired) electrons.